The number of hydrogen-bond donors (Lipinski definition) is 0. The van der Waals surface area contributed by atoms with Crippen LogP contribution in [-0.2, 0) is 7.05 Å². The quantitative estimate of drug-likeness (QED) is 0.541. The molecule has 0 unspecified atom stereocenters. The Morgan fingerprint density at radius 2 is 1.92 bits per heavy atom. The van der Waals surface area contributed by atoms with E-state index in [2.05, 4.69) is 0 Å². The first-order valence-electron chi connectivity index (χ1n) is 4.23. The fourth-order valence-electron chi connectivity index (χ4n) is 1.51. The van der Waals surface area contributed by atoms with E-state index in [0.29, 0.717) is 5.39 Å². The van der Waals surface area contributed by atoms with Crippen LogP contribution in [0.5, 0.6) is 0 Å². The van der Waals surface area contributed by atoms with E-state index in [0.717, 1.165) is 11.1 Å². The highest BCUT2D eigenvalue weighted by atomic mass is 19.1. The summed E-state index contributed by atoms with van der Waals surface area (Å²) in [5, 5.41) is 1.67. The molecule has 66 valence electrons. The molecule has 0 amide bonds. The number of fused-ring (bicyclic) bond motifs is 1. The maximum absolute atomic E-state index is 13.3. The van der Waals surface area contributed by atoms with Gasteiger partial charge in [0.05, 0.1) is 5.39 Å². The Kier molecular flexibility index (Phi) is 1.76. The summed E-state index contributed by atoms with van der Waals surface area (Å²) in [6.45, 7) is 1.99. The van der Waals surface area contributed by atoms with E-state index in [-0.39, 0.29) is 5.82 Å². The highest BCUT2D eigenvalue weighted by molar-refractivity contribution is 5.83. The van der Waals surface area contributed by atoms with Crippen molar-refractivity contribution in [2.75, 3.05) is 0 Å². The van der Waals surface area contributed by atoms with E-state index in [1.807, 2.05) is 30.8 Å². The Balaban J connectivity index is 2.94. The van der Waals surface area contributed by atoms with Gasteiger partial charge in [0.1, 0.15) is 12.9 Å². The van der Waals surface area contributed by atoms with Gasteiger partial charge in [0, 0.05) is 18.4 Å². The number of benzene rings is 1. The van der Waals surface area contributed by atoms with Crippen molar-refractivity contribution in [1.82, 2.24) is 0 Å². The van der Waals surface area contributed by atoms with Crippen molar-refractivity contribution in [3.63, 3.8) is 0 Å². The van der Waals surface area contributed by atoms with Crippen LogP contribution in [0.2, 0.25) is 0 Å². The molecule has 0 aliphatic carbocycles. The summed E-state index contributed by atoms with van der Waals surface area (Å²) in [7, 11) is 1.96. The van der Waals surface area contributed by atoms with Gasteiger partial charge in [-0.05, 0) is 12.1 Å². The molecule has 0 fully saturated rings. The number of hydrogen-bond acceptors (Lipinski definition) is 0. The maximum atomic E-state index is 13.3. The van der Waals surface area contributed by atoms with Gasteiger partial charge in [0.2, 0.25) is 0 Å². The average molecular weight is 176 g/mol. The molecular formula is C11H11FN+. The monoisotopic (exact) mass is 176 g/mol. The van der Waals surface area contributed by atoms with E-state index in [1.54, 1.807) is 12.1 Å². The zero-order valence-corrected chi connectivity index (χ0v) is 7.71. The molecule has 0 aliphatic rings. The smallest absolute Gasteiger partial charge is 0.185 e. The number of rotatable bonds is 0. The first-order valence-corrected chi connectivity index (χ1v) is 4.23. The molecule has 0 bridgehead atoms. The van der Waals surface area contributed by atoms with E-state index < -0.39 is 0 Å². The Labute approximate surface area is 76.4 Å². The van der Waals surface area contributed by atoms with E-state index in [4.69, 9.17) is 0 Å². The Morgan fingerprint density at radius 1 is 1.15 bits per heavy atom. The van der Waals surface area contributed by atoms with Crippen LogP contribution in [0.15, 0.2) is 30.5 Å². The predicted molar refractivity (Wildman–Crippen MR) is 49.8 cm³/mol. The second kappa shape index (κ2) is 2.80. The molecule has 2 heteroatoms. The molecule has 0 aliphatic heterocycles. The molecular weight excluding hydrogens is 165 g/mol. The Bertz CT molecular complexity index is 463. The molecule has 0 atom stereocenters. The van der Waals surface area contributed by atoms with Crippen molar-refractivity contribution in [2.24, 2.45) is 7.05 Å². The number of aromatic nitrogens is 1. The number of pyridine rings is 1. The van der Waals surface area contributed by atoms with Gasteiger partial charge in [0.25, 0.3) is 0 Å². The highest BCUT2D eigenvalue weighted by Gasteiger charge is 2.08. The second-order valence-corrected chi connectivity index (χ2v) is 3.21. The first kappa shape index (κ1) is 8.17. The van der Waals surface area contributed by atoms with Gasteiger partial charge in [0.15, 0.2) is 11.9 Å². The van der Waals surface area contributed by atoms with Crippen molar-refractivity contribution < 1.29 is 8.96 Å². The van der Waals surface area contributed by atoms with Crippen LogP contribution in [-0.4, -0.2) is 0 Å². The van der Waals surface area contributed by atoms with Crippen LogP contribution in [0.1, 0.15) is 5.69 Å². The van der Waals surface area contributed by atoms with Gasteiger partial charge < -0.3 is 0 Å². The summed E-state index contributed by atoms with van der Waals surface area (Å²) in [6, 6.07) is 6.97. The largest absolute Gasteiger partial charge is 0.206 e. The van der Waals surface area contributed by atoms with Crippen LogP contribution in [0, 0.1) is 12.7 Å². The minimum absolute atomic E-state index is 0.152. The molecule has 2 rings (SSSR count). The summed E-state index contributed by atoms with van der Waals surface area (Å²) >= 11 is 0. The third-order valence-electron chi connectivity index (χ3n) is 2.44. The molecule has 0 radical (unpaired) electrons. The van der Waals surface area contributed by atoms with Crippen LogP contribution < -0.4 is 4.57 Å². The molecule has 1 aromatic heterocycles. The molecule has 0 spiro atoms. The minimum Gasteiger partial charge on any atom is -0.206 e. The first-order chi connectivity index (χ1) is 6.20. The zero-order valence-electron chi connectivity index (χ0n) is 7.71. The lowest BCUT2D eigenvalue weighted by molar-refractivity contribution is -0.676. The Morgan fingerprint density at radius 3 is 2.69 bits per heavy atom. The predicted octanol–water partition coefficient (Wildman–Crippen LogP) is 2.11. The number of halogens is 1. The third kappa shape index (κ3) is 1.18. The van der Waals surface area contributed by atoms with Crippen LogP contribution in [0.4, 0.5) is 4.39 Å². The number of nitrogens with zero attached hydrogens (tertiary/aromatic N) is 1. The standard InChI is InChI=1S/C11H11FN/c1-8-9-4-3-5-11(12)10(9)6-7-13(8)2/h3-7H,1-2H3/q+1. The van der Waals surface area contributed by atoms with Crippen molar-refractivity contribution in [1.29, 1.82) is 0 Å². The zero-order chi connectivity index (χ0) is 9.42. The van der Waals surface area contributed by atoms with Gasteiger partial charge in [-0.2, -0.15) is 0 Å². The summed E-state index contributed by atoms with van der Waals surface area (Å²) in [5.41, 5.74) is 1.08. The maximum Gasteiger partial charge on any atom is 0.185 e. The lowest BCUT2D eigenvalue weighted by Gasteiger charge is -2.00. The second-order valence-electron chi connectivity index (χ2n) is 3.21. The molecule has 2 aromatic rings. The van der Waals surface area contributed by atoms with Crippen molar-refractivity contribution in [3.8, 4) is 0 Å². The molecule has 0 saturated carbocycles. The van der Waals surface area contributed by atoms with Gasteiger partial charge in [-0.3, -0.25) is 0 Å². The van der Waals surface area contributed by atoms with Gasteiger partial charge >= 0.3 is 0 Å². The van der Waals surface area contributed by atoms with Crippen molar-refractivity contribution >= 4 is 10.8 Å². The van der Waals surface area contributed by atoms with E-state index >= 15 is 0 Å². The normalized spacial score (nSPS) is 10.7. The van der Waals surface area contributed by atoms with E-state index in [9.17, 15) is 4.39 Å². The lowest BCUT2D eigenvalue weighted by atomic mass is 10.1. The van der Waals surface area contributed by atoms with Gasteiger partial charge in [-0.15, -0.1) is 0 Å². The summed E-state index contributed by atoms with van der Waals surface area (Å²) in [4.78, 5) is 0. The molecule has 0 saturated heterocycles. The molecule has 0 N–H and O–H groups in total. The molecule has 13 heavy (non-hydrogen) atoms. The summed E-state index contributed by atoms with van der Waals surface area (Å²) < 4.78 is 15.3. The van der Waals surface area contributed by atoms with E-state index in [1.165, 1.54) is 6.07 Å². The third-order valence-corrected chi connectivity index (χ3v) is 2.44. The minimum atomic E-state index is -0.152. The topological polar surface area (TPSA) is 3.88 Å². The van der Waals surface area contributed by atoms with Gasteiger partial charge in [-0.1, -0.05) is 6.07 Å². The summed E-state index contributed by atoms with van der Waals surface area (Å²) in [6.07, 6.45) is 1.88. The summed E-state index contributed by atoms with van der Waals surface area (Å²) in [5.74, 6) is -0.152. The van der Waals surface area contributed by atoms with Crippen LogP contribution in [0.3, 0.4) is 0 Å². The number of aryl methyl sites for hydroxylation is 2. The van der Waals surface area contributed by atoms with Crippen LogP contribution >= 0.6 is 0 Å². The molecule has 1 nitrogen and oxygen atoms in total. The van der Waals surface area contributed by atoms with Crippen LogP contribution in [0.25, 0.3) is 10.8 Å². The average Bonchev–Trinajstić information content (AvgIpc) is 2.12. The Hall–Kier alpha value is -1.44. The lowest BCUT2D eigenvalue weighted by Crippen LogP contribution is -2.31. The highest BCUT2D eigenvalue weighted by Crippen LogP contribution is 2.17. The fourth-order valence-corrected chi connectivity index (χ4v) is 1.51. The molecule has 1 heterocycles. The SMILES string of the molecule is Cc1c2cccc(F)c2cc[n+]1C. The van der Waals surface area contributed by atoms with Crippen molar-refractivity contribution in [2.45, 2.75) is 6.92 Å². The molecule has 1 aromatic carbocycles. The van der Waals surface area contributed by atoms with Crippen molar-refractivity contribution in [3.05, 3.63) is 42.0 Å². The van der Waals surface area contributed by atoms with Gasteiger partial charge in [-0.25, -0.2) is 8.96 Å². The fraction of sp³-hybridized carbons (Fsp3) is 0.182.